The summed E-state index contributed by atoms with van der Waals surface area (Å²) in [6.07, 6.45) is 0. The van der Waals surface area contributed by atoms with E-state index in [1.165, 1.54) is 0 Å². The van der Waals surface area contributed by atoms with Gasteiger partial charge < -0.3 is 0 Å². The Morgan fingerprint density at radius 3 is 2.31 bits per heavy atom. The van der Waals surface area contributed by atoms with Crippen LogP contribution in [0.1, 0.15) is 11.1 Å². The van der Waals surface area contributed by atoms with Gasteiger partial charge >= 0.3 is 10.2 Å². The summed E-state index contributed by atoms with van der Waals surface area (Å²) in [5, 5.41) is 1.76. The molecule has 0 amide bonds. The first kappa shape index (κ1) is 11.1. The summed E-state index contributed by atoms with van der Waals surface area (Å²) in [5.74, 6) is -0.562. The van der Waals surface area contributed by atoms with Gasteiger partial charge in [-0.3, -0.25) is 0 Å². The van der Waals surface area contributed by atoms with Crippen LogP contribution in [0.5, 0.6) is 0 Å². The molecule has 0 spiro atoms. The summed E-state index contributed by atoms with van der Waals surface area (Å²) in [7, 11) is -4.48. The lowest BCUT2D eigenvalue weighted by atomic mass is 10.0. The number of aryl methyl sites for hydroxylation is 1. The number of fused-ring (bicyclic) bond motifs is 1. The van der Waals surface area contributed by atoms with Crippen molar-refractivity contribution in [3.8, 4) is 0 Å². The van der Waals surface area contributed by atoms with E-state index in [1.807, 2.05) is 37.3 Å². The molecule has 0 unspecified atom stereocenters. The highest BCUT2D eigenvalue weighted by Gasteiger charge is 2.12. The molecule has 16 heavy (non-hydrogen) atoms. The summed E-state index contributed by atoms with van der Waals surface area (Å²) < 4.78 is 34.0. The van der Waals surface area contributed by atoms with Gasteiger partial charge in [-0.2, -0.15) is 8.42 Å². The molecular formula is C12H11FO2S. The number of benzene rings is 2. The zero-order valence-electron chi connectivity index (χ0n) is 8.77. The zero-order chi connectivity index (χ0) is 11.8. The molecule has 0 aliphatic rings. The van der Waals surface area contributed by atoms with Gasteiger partial charge in [-0.25, -0.2) is 0 Å². The van der Waals surface area contributed by atoms with Crippen LogP contribution in [0.25, 0.3) is 10.8 Å². The third kappa shape index (κ3) is 2.22. The minimum absolute atomic E-state index is 0.503. The zero-order valence-corrected chi connectivity index (χ0v) is 9.59. The van der Waals surface area contributed by atoms with Crippen molar-refractivity contribution in [2.75, 3.05) is 0 Å². The number of hydrogen-bond acceptors (Lipinski definition) is 2. The van der Waals surface area contributed by atoms with Crippen LogP contribution in [0.2, 0.25) is 0 Å². The topological polar surface area (TPSA) is 34.1 Å². The van der Waals surface area contributed by atoms with Crippen molar-refractivity contribution in [1.82, 2.24) is 0 Å². The van der Waals surface area contributed by atoms with Crippen LogP contribution in [0.3, 0.4) is 0 Å². The minimum Gasteiger partial charge on any atom is -0.194 e. The highest BCUT2D eigenvalue weighted by Crippen LogP contribution is 2.24. The van der Waals surface area contributed by atoms with E-state index < -0.39 is 16.0 Å². The second kappa shape index (κ2) is 3.87. The maximum absolute atomic E-state index is 12.7. The molecule has 2 aromatic rings. The lowest BCUT2D eigenvalue weighted by Crippen LogP contribution is -1.97. The lowest BCUT2D eigenvalue weighted by Gasteiger charge is -2.06. The average molecular weight is 238 g/mol. The number of halogens is 1. The van der Waals surface area contributed by atoms with Crippen LogP contribution in [-0.4, -0.2) is 8.42 Å². The lowest BCUT2D eigenvalue weighted by molar-refractivity contribution is 0.551. The fourth-order valence-corrected chi connectivity index (χ4v) is 2.45. The largest absolute Gasteiger partial charge is 0.306 e. The van der Waals surface area contributed by atoms with E-state index in [-0.39, 0.29) is 0 Å². The Balaban J connectivity index is 2.68. The summed E-state index contributed by atoms with van der Waals surface area (Å²) in [6.45, 7) is 1.94. The Morgan fingerprint density at radius 1 is 1.06 bits per heavy atom. The first-order valence-corrected chi connectivity index (χ1v) is 6.42. The van der Waals surface area contributed by atoms with Crippen molar-refractivity contribution in [3.05, 3.63) is 47.5 Å². The highest BCUT2D eigenvalue weighted by atomic mass is 32.3. The van der Waals surface area contributed by atoms with E-state index >= 15 is 0 Å². The maximum atomic E-state index is 12.7. The number of rotatable bonds is 2. The first-order valence-electron chi connectivity index (χ1n) is 4.87. The summed E-state index contributed by atoms with van der Waals surface area (Å²) in [4.78, 5) is 0. The normalized spacial score (nSPS) is 11.9. The second-order valence-electron chi connectivity index (χ2n) is 3.77. The molecule has 84 valence electrons. The van der Waals surface area contributed by atoms with Crippen molar-refractivity contribution < 1.29 is 12.3 Å². The van der Waals surface area contributed by atoms with Crippen molar-refractivity contribution in [3.63, 3.8) is 0 Å². The summed E-state index contributed by atoms with van der Waals surface area (Å²) >= 11 is 0. The van der Waals surface area contributed by atoms with Gasteiger partial charge in [0.25, 0.3) is 0 Å². The molecule has 0 saturated heterocycles. The molecular weight excluding hydrogens is 227 g/mol. The molecule has 0 aromatic heterocycles. The molecule has 0 radical (unpaired) electrons. The summed E-state index contributed by atoms with van der Waals surface area (Å²) in [6, 6.07) is 10.9. The Kier molecular flexibility index (Phi) is 2.68. The van der Waals surface area contributed by atoms with Gasteiger partial charge in [0.2, 0.25) is 0 Å². The molecule has 0 bridgehead atoms. The van der Waals surface area contributed by atoms with Crippen molar-refractivity contribution in [2.24, 2.45) is 0 Å². The first-order chi connectivity index (χ1) is 7.47. The van der Waals surface area contributed by atoms with Crippen LogP contribution >= 0.6 is 0 Å². The predicted molar refractivity (Wildman–Crippen MR) is 62.4 cm³/mol. The van der Waals surface area contributed by atoms with Crippen molar-refractivity contribution in [1.29, 1.82) is 0 Å². The van der Waals surface area contributed by atoms with Crippen molar-refractivity contribution in [2.45, 2.75) is 12.7 Å². The average Bonchev–Trinajstić information content (AvgIpc) is 2.21. The second-order valence-corrected chi connectivity index (χ2v) is 5.14. The molecule has 4 heteroatoms. The van der Waals surface area contributed by atoms with Gasteiger partial charge in [0, 0.05) is 0 Å². The Bertz CT molecular complexity index is 633. The van der Waals surface area contributed by atoms with Crippen molar-refractivity contribution >= 4 is 21.0 Å². The SMILES string of the molecule is Cc1ccc(CS(=O)(=O)F)c2ccccc12. The maximum Gasteiger partial charge on any atom is 0.306 e. The molecule has 2 nitrogen and oxygen atoms in total. The van der Waals surface area contributed by atoms with E-state index in [1.54, 1.807) is 6.07 Å². The van der Waals surface area contributed by atoms with Crippen LogP contribution in [-0.2, 0) is 16.0 Å². The molecule has 0 aliphatic carbocycles. The fraction of sp³-hybridized carbons (Fsp3) is 0.167. The smallest absolute Gasteiger partial charge is 0.194 e. The van der Waals surface area contributed by atoms with Gasteiger partial charge in [-0.1, -0.05) is 36.4 Å². The number of hydrogen-bond donors (Lipinski definition) is 0. The molecule has 2 rings (SSSR count). The monoisotopic (exact) mass is 238 g/mol. The molecule has 2 aromatic carbocycles. The highest BCUT2D eigenvalue weighted by molar-refractivity contribution is 7.85. The Labute approximate surface area is 93.9 Å². The molecule has 0 fully saturated rings. The van der Waals surface area contributed by atoms with Gasteiger partial charge in [0.15, 0.2) is 0 Å². The van der Waals surface area contributed by atoms with E-state index in [9.17, 15) is 12.3 Å². The van der Waals surface area contributed by atoms with Crippen LogP contribution in [0, 0.1) is 6.92 Å². The minimum atomic E-state index is -4.48. The molecule has 0 N–H and O–H groups in total. The van der Waals surface area contributed by atoms with E-state index in [2.05, 4.69) is 0 Å². The third-order valence-corrected chi connectivity index (χ3v) is 3.22. The molecule has 0 saturated carbocycles. The van der Waals surface area contributed by atoms with Crippen LogP contribution < -0.4 is 0 Å². The van der Waals surface area contributed by atoms with E-state index in [4.69, 9.17) is 0 Å². The third-order valence-electron chi connectivity index (χ3n) is 2.56. The van der Waals surface area contributed by atoms with E-state index in [0.717, 1.165) is 16.3 Å². The Hall–Kier alpha value is -1.42. The molecule has 0 atom stereocenters. The molecule has 0 aliphatic heterocycles. The van der Waals surface area contributed by atoms with Crippen LogP contribution in [0.4, 0.5) is 3.89 Å². The summed E-state index contributed by atoms with van der Waals surface area (Å²) in [5.41, 5.74) is 1.55. The standard InChI is InChI=1S/C12H11FO2S/c1-9-6-7-10(8-16(13,14)15)12-5-3-2-4-11(9)12/h2-7H,8H2,1H3. The Morgan fingerprint density at radius 2 is 1.69 bits per heavy atom. The van der Waals surface area contributed by atoms with Gasteiger partial charge in [-0.05, 0) is 28.8 Å². The van der Waals surface area contributed by atoms with E-state index in [0.29, 0.717) is 5.56 Å². The van der Waals surface area contributed by atoms with Gasteiger partial charge in [-0.15, -0.1) is 3.89 Å². The quantitative estimate of drug-likeness (QED) is 0.754. The van der Waals surface area contributed by atoms with Gasteiger partial charge in [0.05, 0.1) is 0 Å². The fourth-order valence-electron chi connectivity index (χ4n) is 1.82. The predicted octanol–water partition coefficient (Wildman–Crippen LogP) is 2.95. The van der Waals surface area contributed by atoms with Gasteiger partial charge in [0.1, 0.15) is 5.75 Å². The molecule has 0 heterocycles. The van der Waals surface area contributed by atoms with Crippen LogP contribution in [0.15, 0.2) is 36.4 Å².